The molecule has 0 spiro atoms. The molecule has 3 aromatic rings. The van der Waals surface area contributed by atoms with Gasteiger partial charge in [-0.05, 0) is 30.3 Å². The maximum atomic E-state index is 10.5. The zero-order valence-electron chi connectivity index (χ0n) is 20.5. The zero-order chi connectivity index (χ0) is 24.6. The second-order valence-corrected chi connectivity index (χ2v) is 8.38. The summed E-state index contributed by atoms with van der Waals surface area (Å²) in [6.45, 7) is 4.51. The molecule has 2 aromatic carbocycles. The Hall–Kier alpha value is -3.27. The number of rotatable bonds is 11. The molecule has 1 aliphatic rings. The van der Waals surface area contributed by atoms with Crippen LogP contribution in [0.3, 0.4) is 0 Å². The molecule has 1 atom stereocenters. The van der Waals surface area contributed by atoms with Crippen LogP contribution in [0.2, 0.25) is 0 Å². The molecule has 1 fully saturated rings. The number of methoxy groups -OCH3 is 3. The van der Waals surface area contributed by atoms with Gasteiger partial charge in [-0.15, -0.1) is 0 Å². The Bertz CT molecular complexity index is 1080. The van der Waals surface area contributed by atoms with Gasteiger partial charge in [0.25, 0.3) is 0 Å². The molecule has 9 heteroatoms. The van der Waals surface area contributed by atoms with Crippen LogP contribution >= 0.6 is 0 Å². The van der Waals surface area contributed by atoms with E-state index in [4.69, 9.17) is 23.5 Å². The van der Waals surface area contributed by atoms with Gasteiger partial charge >= 0.3 is 0 Å². The van der Waals surface area contributed by atoms with Gasteiger partial charge in [0, 0.05) is 44.4 Å². The molecule has 1 saturated heterocycles. The van der Waals surface area contributed by atoms with Crippen molar-refractivity contribution < 1.29 is 28.6 Å². The van der Waals surface area contributed by atoms with Gasteiger partial charge in [0.1, 0.15) is 18.1 Å². The SMILES string of the molecule is COc1ccc(-c2cc(COCC(O)CN3CCN(c4ccccc4OC)CC3)on2)cc1OC. The third-order valence-electron chi connectivity index (χ3n) is 6.06. The highest BCUT2D eigenvalue weighted by Crippen LogP contribution is 2.32. The predicted octanol–water partition coefficient (Wildman–Crippen LogP) is 3.07. The number of hydrogen-bond acceptors (Lipinski definition) is 9. The first-order chi connectivity index (χ1) is 17.1. The predicted molar refractivity (Wildman–Crippen MR) is 132 cm³/mol. The zero-order valence-corrected chi connectivity index (χ0v) is 20.5. The summed E-state index contributed by atoms with van der Waals surface area (Å²) in [5.41, 5.74) is 2.64. The summed E-state index contributed by atoms with van der Waals surface area (Å²) in [6.07, 6.45) is -0.582. The van der Waals surface area contributed by atoms with Crippen molar-refractivity contribution >= 4 is 5.69 Å². The number of anilines is 1. The Labute approximate surface area is 205 Å². The van der Waals surface area contributed by atoms with Crippen molar-refractivity contribution in [2.75, 3.05) is 65.6 Å². The third kappa shape index (κ3) is 6.25. The van der Waals surface area contributed by atoms with Crippen molar-refractivity contribution in [3.05, 3.63) is 54.3 Å². The van der Waals surface area contributed by atoms with E-state index in [2.05, 4.69) is 21.0 Å². The van der Waals surface area contributed by atoms with E-state index in [-0.39, 0.29) is 13.2 Å². The number of aliphatic hydroxyl groups excluding tert-OH is 1. The summed E-state index contributed by atoms with van der Waals surface area (Å²) >= 11 is 0. The number of hydrogen-bond donors (Lipinski definition) is 1. The van der Waals surface area contributed by atoms with Gasteiger partial charge in [-0.25, -0.2) is 0 Å². The van der Waals surface area contributed by atoms with Crippen LogP contribution in [-0.2, 0) is 11.3 Å². The lowest BCUT2D eigenvalue weighted by atomic mass is 10.1. The van der Waals surface area contributed by atoms with E-state index in [1.54, 1.807) is 21.3 Å². The second-order valence-electron chi connectivity index (χ2n) is 8.38. The van der Waals surface area contributed by atoms with Crippen LogP contribution in [-0.4, -0.2) is 81.9 Å². The minimum Gasteiger partial charge on any atom is -0.495 e. The summed E-state index contributed by atoms with van der Waals surface area (Å²) in [5.74, 6) is 2.75. The smallest absolute Gasteiger partial charge is 0.163 e. The molecule has 4 rings (SSSR count). The molecule has 1 aromatic heterocycles. The quantitative estimate of drug-likeness (QED) is 0.442. The Kier molecular flexibility index (Phi) is 8.46. The molecule has 2 heterocycles. The highest BCUT2D eigenvalue weighted by Gasteiger charge is 2.21. The fourth-order valence-electron chi connectivity index (χ4n) is 4.22. The fourth-order valence-corrected chi connectivity index (χ4v) is 4.22. The van der Waals surface area contributed by atoms with Crippen LogP contribution in [0.25, 0.3) is 11.3 Å². The topological polar surface area (TPSA) is 89.7 Å². The van der Waals surface area contributed by atoms with E-state index in [0.717, 1.165) is 43.2 Å². The number of β-amino-alcohol motifs (C(OH)–C–C–N with tert-alkyl or cyclic N) is 1. The van der Waals surface area contributed by atoms with Gasteiger partial charge in [0.15, 0.2) is 17.3 Å². The standard InChI is InChI=1S/C26H33N3O6/c1-31-24-7-5-4-6-23(24)29-12-10-28(11-13-29)16-20(30)17-34-18-21-15-22(27-35-21)19-8-9-25(32-2)26(14-19)33-3/h4-9,14-15,20,30H,10-13,16-18H2,1-3H3. The van der Waals surface area contributed by atoms with E-state index < -0.39 is 6.10 Å². The van der Waals surface area contributed by atoms with Crippen LogP contribution in [0.1, 0.15) is 5.76 Å². The molecule has 0 aliphatic carbocycles. The van der Waals surface area contributed by atoms with E-state index >= 15 is 0 Å². The number of nitrogens with zero attached hydrogens (tertiary/aromatic N) is 3. The molecular weight excluding hydrogens is 450 g/mol. The van der Waals surface area contributed by atoms with Crippen LogP contribution in [0.4, 0.5) is 5.69 Å². The third-order valence-corrected chi connectivity index (χ3v) is 6.06. The fraction of sp³-hybridized carbons (Fsp3) is 0.423. The second kappa shape index (κ2) is 11.9. The van der Waals surface area contributed by atoms with E-state index in [1.807, 2.05) is 42.5 Å². The maximum absolute atomic E-state index is 10.5. The van der Waals surface area contributed by atoms with E-state index in [0.29, 0.717) is 29.5 Å². The highest BCUT2D eigenvalue weighted by atomic mass is 16.5. The number of aromatic nitrogens is 1. The van der Waals surface area contributed by atoms with Gasteiger partial charge in [-0.2, -0.15) is 0 Å². The van der Waals surface area contributed by atoms with Crippen LogP contribution in [0.5, 0.6) is 17.2 Å². The average Bonchev–Trinajstić information content (AvgIpc) is 3.37. The largest absolute Gasteiger partial charge is 0.495 e. The number of benzene rings is 2. The van der Waals surface area contributed by atoms with Gasteiger partial charge < -0.3 is 33.5 Å². The number of aliphatic hydroxyl groups is 1. The minimum atomic E-state index is -0.582. The molecule has 1 N–H and O–H groups in total. The van der Waals surface area contributed by atoms with E-state index in [9.17, 15) is 5.11 Å². The average molecular weight is 484 g/mol. The Morgan fingerprint density at radius 3 is 2.40 bits per heavy atom. The van der Waals surface area contributed by atoms with Gasteiger partial charge in [0.05, 0.1) is 39.7 Å². The summed E-state index contributed by atoms with van der Waals surface area (Å²) in [5, 5.41) is 14.6. The first-order valence-corrected chi connectivity index (χ1v) is 11.7. The van der Waals surface area contributed by atoms with Crippen LogP contribution < -0.4 is 19.1 Å². The molecule has 1 unspecified atom stereocenters. The molecule has 0 radical (unpaired) electrons. The van der Waals surface area contributed by atoms with Crippen molar-refractivity contribution in [3.8, 4) is 28.5 Å². The molecule has 0 bridgehead atoms. The van der Waals surface area contributed by atoms with Crippen molar-refractivity contribution in [1.29, 1.82) is 0 Å². The summed E-state index contributed by atoms with van der Waals surface area (Å²) in [6, 6.07) is 15.4. The van der Waals surface area contributed by atoms with Gasteiger partial charge in [-0.1, -0.05) is 17.3 Å². The molecule has 9 nitrogen and oxygen atoms in total. The van der Waals surface area contributed by atoms with Crippen molar-refractivity contribution in [2.24, 2.45) is 0 Å². The lowest BCUT2D eigenvalue weighted by molar-refractivity contribution is 0.00315. The number of para-hydroxylation sites is 2. The molecule has 188 valence electrons. The summed E-state index contributed by atoms with van der Waals surface area (Å²) in [7, 11) is 4.89. The van der Waals surface area contributed by atoms with Crippen molar-refractivity contribution in [1.82, 2.24) is 10.1 Å². The van der Waals surface area contributed by atoms with E-state index in [1.165, 1.54) is 0 Å². The van der Waals surface area contributed by atoms with Gasteiger partial charge in [0.2, 0.25) is 0 Å². The number of piperazine rings is 1. The maximum Gasteiger partial charge on any atom is 0.163 e. The number of ether oxygens (including phenoxy) is 4. The first-order valence-electron chi connectivity index (χ1n) is 11.7. The van der Waals surface area contributed by atoms with Crippen LogP contribution in [0, 0.1) is 0 Å². The summed E-state index contributed by atoms with van der Waals surface area (Å²) < 4.78 is 27.2. The molecule has 35 heavy (non-hydrogen) atoms. The Balaban J connectivity index is 1.21. The molecule has 0 saturated carbocycles. The van der Waals surface area contributed by atoms with Crippen molar-refractivity contribution in [3.63, 3.8) is 0 Å². The minimum absolute atomic E-state index is 0.221. The Morgan fingerprint density at radius 1 is 0.914 bits per heavy atom. The summed E-state index contributed by atoms with van der Waals surface area (Å²) in [4.78, 5) is 4.57. The lowest BCUT2D eigenvalue weighted by Gasteiger charge is -2.37. The first kappa shape index (κ1) is 24.8. The highest BCUT2D eigenvalue weighted by molar-refractivity contribution is 5.63. The molecular formula is C26H33N3O6. The van der Waals surface area contributed by atoms with Crippen molar-refractivity contribution in [2.45, 2.75) is 12.7 Å². The lowest BCUT2D eigenvalue weighted by Crippen LogP contribution is -2.49. The molecule has 0 amide bonds. The Morgan fingerprint density at radius 2 is 1.66 bits per heavy atom. The van der Waals surface area contributed by atoms with Crippen LogP contribution in [0.15, 0.2) is 53.1 Å². The monoisotopic (exact) mass is 483 g/mol. The molecule has 1 aliphatic heterocycles. The normalized spacial score (nSPS) is 15.1. The van der Waals surface area contributed by atoms with Gasteiger partial charge in [-0.3, -0.25) is 4.90 Å².